The summed E-state index contributed by atoms with van der Waals surface area (Å²) in [6.45, 7) is 4.18. The fraction of sp³-hybridized carbons (Fsp3) is 0.429. The van der Waals surface area contributed by atoms with Crippen molar-refractivity contribution in [3.8, 4) is 17.2 Å². The summed E-state index contributed by atoms with van der Waals surface area (Å²) in [5, 5.41) is 0. The highest BCUT2D eigenvalue weighted by atomic mass is 16.5. The van der Waals surface area contributed by atoms with Gasteiger partial charge in [-0.25, -0.2) is 0 Å². The van der Waals surface area contributed by atoms with Gasteiger partial charge < -0.3 is 19.1 Å². The summed E-state index contributed by atoms with van der Waals surface area (Å²) in [5.74, 6) is 2.43. The number of hydrogen-bond donors (Lipinski definition) is 0. The topological polar surface area (TPSA) is 30.9 Å². The third-order valence-electron chi connectivity index (χ3n) is 3.91. The Labute approximate surface area is 151 Å². The van der Waals surface area contributed by atoms with Gasteiger partial charge in [0, 0.05) is 0 Å². The van der Waals surface area contributed by atoms with Crippen molar-refractivity contribution < 1.29 is 14.2 Å². The third-order valence-corrected chi connectivity index (χ3v) is 3.91. The van der Waals surface area contributed by atoms with Gasteiger partial charge in [-0.3, -0.25) is 0 Å². The van der Waals surface area contributed by atoms with E-state index in [2.05, 4.69) is 31.1 Å². The Morgan fingerprint density at radius 2 is 1.76 bits per heavy atom. The SMILES string of the molecule is CCOc1cc(CCCN(C)C)ccc1OCc1cccc(OC)c1. The molecule has 25 heavy (non-hydrogen) atoms. The summed E-state index contributed by atoms with van der Waals surface area (Å²) in [6.07, 6.45) is 2.16. The lowest BCUT2D eigenvalue weighted by atomic mass is 10.1. The van der Waals surface area contributed by atoms with Crippen LogP contribution in [0.15, 0.2) is 42.5 Å². The molecule has 0 atom stereocenters. The van der Waals surface area contributed by atoms with Gasteiger partial charge in [0.15, 0.2) is 11.5 Å². The molecule has 0 aliphatic carbocycles. The second-order valence-corrected chi connectivity index (χ2v) is 6.26. The Bertz CT molecular complexity index is 655. The summed E-state index contributed by atoms with van der Waals surface area (Å²) in [5.41, 5.74) is 2.34. The van der Waals surface area contributed by atoms with E-state index in [0.29, 0.717) is 13.2 Å². The molecule has 0 aliphatic heterocycles. The van der Waals surface area contributed by atoms with Gasteiger partial charge in [-0.1, -0.05) is 18.2 Å². The fourth-order valence-electron chi connectivity index (χ4n) is 2.62. The summed E-state index contributed by atoms with van der Waals surface area (Å²) in [6, 6.07) is 14.1. The van der Waals surface area contributed by atoms with Gasteiger partial charge in [-0.15, -0.1) is 0 Å². The van der Waals surface area contributed by atoms with Crippen LogP contribution in [0.1, 0.15) is 24.5 Å². The number of rotatable bonds is 10. The zero-order valence-corrected chi connectivity index (χ0v) is 15.7. The largest absolute Gasteiger partial charge is 0.497 e. The molecule has 4 nitrogen and oxygen atoms in total. The van der Waals surface area contributed by atoms with E-state index in [1.165, 1.54) is 5.56 Å². The van der Waals surface area contributed by atoms with Crippen LogP contribution in [-0.2, 0) is 13.0 Å². The van der Waals surface area contributed by atoms with Crippen molar-refractivity contribution in [2.24, 2.45) is 0 Å². The van der Waals surface area contributed by atoms with E-state index in [0.717, 1.165) is 42.2 Å². The number of benzene rings is 2. The molecule has 136 valence electrons. The molecule has 2 aromatic rings. The minimum atomic E-state index is 0.483. The molecular weight excluding hydrogens is 314 g/mol. The highest BCUT2D eigenvalue weighted by Crippen LogP contribution is 2.30. The first-order valence-corrected chi connectivity index (χ1v) is 8.78. The van der Waals surface area contributed by atoms with E-state index in [4.69, 9.17) is 14.2 Å². The van der Waals surface area contributed by atoms with Gasteiger partial charge in [-0.2, -0.15) is 0 Å². The molecule has 0 saturated carbocycles. The molecule has 0 unspecified atom stereocenters. The molecular formula is C21H29NO3. The predicted octanol–water partition coefficient (Wildman–Crippen LogP) is 4.17. The van der Waals surface area contributed by atoms with Gasteiger partial charge >= 0.3 is 0 Å². The first kappa shape index (κ1) is 19.1. The molecule has 0 heterocycles. The Morgan fingerprint density at radius 3 is 2.48 bits per heavy atom. The first-order chi connectivity index (χ1) is 12.1. The molecule has 0 spiro atoms. The number of ether oxygens (including phenoxy) is 3. The minimum Gasteiger partial charge on any atom is -0.497 e. The summed E-state index contributed by atoms with van der Waals surface area (Å²) >= 11 is 0. The average molecular weight is 343 g/mol. The average Bonchev–Trinajstić information content (AvgIpc) is 2.61. The van der Waals surface area contributed by atoms with Gasteiger partial charge in [0.05, 0.1) is 13.7 Å². The van der Waals surface area contributed by atoms with Crippen molar-refractivity contribution in [3.63, 3.8) is 0 Å². The van der Waals surface area contributed by atoms with Crippen molar-refractivity contribution >= 4 is 0 Å². The molecule has 0 aliphatic rings. The summed E-state index contributed by atoms with van der Waals surface area (Å²) in [7, 11) is 5.87. The maximum Gasteiger partial charge on any atom is 0.161 e. The third kappa shape index (κ3) is 6.31. The minimum absolute atomic E-state index is 0.483. The number of hydrogen-bond acceptors (Lipinski definition) is 4. The van der Waals surface area contributed by atoms with Crippen molar-refractivity contribution in [2.45, 2.75) is 26.4 Å². The Balaban J connectivity index is 2.03. The lowest BCUT2D eigenvalue weighted by Crippen LogP contribution is -2.13. The van der Waals surface area contributed by atoms with Crippen LogP contribution in [0.25, 0.3) is 0 Å². The van der Waals surface area contributed by atoms with Crippen LogP contribution in [0.2, 0.25) is 0 Å². The molecule has 0 radical (unpaired) electrons. The molecule has 0 aromatic heterocycles. The summed E-state index contributed by atoms with van der Waals surface area (Å²) in [4.78, 5) is 2.20. The molecule has 0 bridgehead atoms. The molecule has 0 amide bonds. The zero-order valence-electron chi connectivity index (χ0n) is 15.7. The Kier molecular flexibility index (Phi) is 7.61. The van der Waals surface area contributed by atoms with Crippen LogP contribution >= 0.6 is 0 Å². The van der Waals surface area contributed by atoms with Crippen molar-refractivity contribution in [3.05, 3.63) is 53.6 Å². The van der Waals surface area contributed by atoms with Crippen LogP contribution < -0.4 is 14.2 Å². The van der Waals surface area contributed by atoms with E-state index >= 15 is 0 Å². The highest BCUT2D eigenvalue weighted by Gasteiger charge is 2.08. The first-order valence-electron chi connectivity index (χ1n) is 8.78. The highest BCUT2D eigenvalue weighted by molar-refractivity contribution is 5.43. The number of nitrogens with zero attached hydrogens (tertiary/aromatic N) is 1. The van der Waals surface area contributed by atoms with Gasteiger partial charge in [0.1, 0.15) is 12.4 Å². The Morgan fingerprint density at radius 1 is 0.920 bits per heavy atom. The van der Waals surface area contributed by atoms with E-state index < -0.39 is 0 Å². The van der Waals surface area contributed by atoms with E-state index in [1.54, 1.807) is 7.11 Å². The molecule has 4 heteroatoms. The van der Waals surface area contributed by atoms with Crippen molar-refractivity contribution in [2.75, 3.05) is 34.4 Å². The van der Waals surface area contributed by atoms with E-state index in [1.807, 2.05) is 37.3 Å². The number of methoxy groups -OCH3 is 1. The van der Waals surface area contributed by atoms with Crippen LogP contribution in [-0.4, -0.2) is 39.3 Å². The monoisotopic (exact) mass is 343 g/mol. The van der Waals surface area contributed by atoms with E-state index in [9.17, 15) is 0 Å². The van der Waals surface area contributed by atoms with Gasteiger partial charge in [0.2, 0.25) is 0 Å². The van der Waals surface area contributed by atoms with Crippen molar-refractivity contribution in [1.82, 2.24) is 4.90 Å². The molecule has 2 aromatic carbocycles. The summed E-state index contributed by atoms with van der Waals surface area (Å²) < 4.78 is 17.0. The predicted molar refractivity (Wildman–Crippen MR) is 102 cm³/mol. The second kappa shape index (κ2) is 9.94. The number of aryl methyl sites for hydroxylation is 1. The zero-order chi connectivity index (χ0) is 18.1. The normalized spacial score (nSPS) is 10.8. The smallest absolute Gasteiger partial charge is 0.161 e. The molecule has 0 N–H and O–H groups in total. The lowest BCUT2D eigenvalue weighted by molar-refractivity contribution is 0.268. The Hall–Kier alpha value is -2.20. The van der Waals surface area contributed by atoms with E-state index in [-0.39, 0.29) is 0 Å². The quantitative estimate of drug-likeness (QED) is 0.648. The van der Waals surface area contributed by atoms with Crippen LogP contribution in [0, 0.1) is 0 Å². The second-order valence-electron chi connectivity index (χ2n) is 6.26. The van der Waals surface area contributed by atoms with Crippen LogP contribution in [0.3, 0.4) is 0 Å². The molecule has 0 saturated heterocycles. The standard InChI is InChI=1S/C21H29NO3/c1-5-24-21-15-17(9-7-13-22(2)3)11-12-20(21)25-16-18-8-6-10-19(14-18)23-4/h6,8,10-12,14-15H,5,7,9,13,16H2,1-4H3. The lowest BCUT2D eigenvalue weighted by Gasteiger charge is -2.14. The molecule has 0 fully saturated rings. The van der Waals surface area contributed by atoms with Gasteiger partial charge in [-0.05, 0) is 75.8 Å². The maximum atomic E-state index is 5.98. The maximum absolute atomic E-state index is 5.98. The van der Waals surface area contributed by atoms with Crippen LogP contribution in [0.5, 0.6) is 17.2 Å². The van der Waals surface area contributed by atoms with Crippen molar-refractivity contribution in [1.29, 1.82) is 0 Å². The van der Waals surface area contributed by atoms with Gasteiger partial charge in [0.25, 0.3) is 0 Å². The molecule has 2 rings (SSSR count). The fourth-order valence-corrected chi connectivity index (χ4v) is 2.62. The van der Waals surface area contributed by atoms with Crippen LogP contribution in [0.4, 0.5) is 0 Å².